The summed E-state index contributed by atoms with van der Waals surface area (Å²) >= 11 is 0. The van der Waals surface area contributed by atoms with Gasteiger partial charge in [0.05, 0.1) is 25.1 Å². The van der Waals surface area contributed by atoms with Gasteiger partial charge in [0, 0.05) is 45.0 Å². The van der Waals surface area contributed by atoms with Crippen molar-refractivity contribution in [2.75, 3.05) is 55.0 Å². The van der Waals surface area contributed by atoms with Crippen molar-refractivity contribution in [2.45, 2.75) is 19.5 Å². The Kier molecular flexibility index (Phi) is 5.34. The van der Waals surface area contributed by atoms with Gasteiger partial charge < -0.3 is 19.4 Å². The van der Waals surface area contributed by atoms with E-state index in [1.165, 1.54) is 5.69 Å². The number of hydrogen-bond acceptors (Lipinski definition) is 5. The number of morpholine rings is 1. The number of likely N-dealkylation sites (N-methyl/N-ethyl adjacent to an activating group) is 1. The number of rotatable bonds is 2. The largest absolute Gasteiger partial charge is 0.378 e. The van der Waals surface area contributed by atoms with Crippen molar-refractivity contribution >= 4 is 23.2 Å². The van der Waals surface area contributed by atoms with Crippen molar-refractivity contribution in [1.82, 2.24) is 9.88 Å². The van der Waals surface area contributed by atoms with Crippen molar-refractivity contribution in [3.05, 3.63) is 48.2 Å². The first kappa shape index (κ1) is 18.6. The maximum absolute atomic E-state index is 13.0. The van der Waals surface area contributed by atoms with Gasteiger partial charge in [-0.1, -0.05) is 18.2 Å². The molecular formula is C21H27N5O2. The molecule has 4 rings (SSSR count). The first-order valence-corrected chi connectivity index (χ1v) is 9.77. The summed E-state index contributed by atoms with van der Waals surface area (Å²) in [4.78, 5) is 23.7. The highest BCUT2D eigenvalue weighted by atomic mass is 16.5. The van der Waals surface area contributed by atoms with Crippen molar-refractivity contribution in [2.24, 2.45) is 0 Å². The number of carbonyl (C=O) groups excluding carboxylic acids is 1. The number of aromatic nitrogens is 1. The Hall–Kier alpha value is -2.80. The summed E-state index contributed by atoms with van der Waals surface area (Å²) in [5, 5.41) is 2.96. The number of urea groups is 1. The zero-order chi connectivity index (χ0) is 19.5. The summed E-state index contributed by atoms with van der Waals surface area (Å²) in [5.74, 6) is 0.570. The number of fused-ring (bicyclic) bond motifs is 1. The molecule has 2 amide bonds. The van der Waals surface area contributed by atoms with Gasteiger partial charge in [0.25, 0.3) is 0 Å². The van der Waals surface area contributed by atoms with Crippen LogP contribution < -0.4 is 15.1 Å². The van der Waals surface area contributed by atoms with Crippen LogP contribution in [0.15, 0.2) is 42.6 Å². The van der Waals surface area contributed by atoms with Crippen LogP contribution in [0.2, 0.25) is 0 Å². The molecular weight excluding hydrogens is 354 g/mol. The van der Waals surface area contributed by atoms with Crippen LogP contribution in [0, 0.1) is 0 Å². The SMILES string of the molecule is C[C@H]1CN(C)c2ccccc2CN1C(=O)Nc1ccc(N2CCOCC2)cn1. The predicted molar refractivity (Wildman–Crippen MR) is 111 cm³/mol. The first-order chi connectivity index (χ1) is 13.6. The van der Waals surface area contributed by atoms with Gasteiger partial charge in [-0.25, -0.2) is 9.78 Å². The second kappa shape index (κ2) is 8.06. The Balaban J connectivity index is 1.45. The molecule has 0 aliphatic carbocycles. The minimum Gasteiger partial charge on any atom is -0.378 e. The number of carbonyl (C=O) groups is 1. The van der Waals surface area contributed by atoms with Gasteiger partial charge in [-0.15, -0.1) is 0 Å². The molecule has 28 heavy (non-hydrogen) atoms. The first-order valence-electron chi connectivity index (χ1n) is 9.77. The van der Waals surface area contributed by atoms with Gasteiger partial charge in [0.1, 0.15) is 5.82 Å². The topological polar surface area (TPSA) is 60.9 Å². The fraction of sp³-hybridized carbons (Fsp3) is 0.429. The third kappa shape index (κ3) is 3.89. The number of amides is 2. The van der Waals surface area contributed by atoms with E-state index in [1.54, 1.807) is 0 Å². The highest BCUT2D eigenvalue weighted by molar-refractivity contribution is 5.89. The monoisotopic (exact) mass is 381 g/mol. The average molecular weight is 381 g/mol. The molecule has 0 radical (unpaired) electrons. The molecule has 7 heteroatoms. The molecule has 7 nitrogen and oxygen atoms in total. The Labute approximate surface area is 165 Å². The van der Waals surface area contributed by atoms with E-state index in [9.17, 15) is 4.79 Å². The summed E-state index contributed by atoms with van der Waals surface area (Å²) in [7, 11) is 2.07. The van der Waals surface area contributed by atoms with Crippen molar-refractivity contribution in [1.29, 1.82) is 0 Å². The lowest BCUT2D eigenvalue weighted by atomic mass is 10.1. The molecule has 1 aromatic heterocycles. The highest BCUT2D eigenvalue weighted by Crippen LogP contribution is 2.26. The van der Waals surface area contributed by atoms with Crippen LogP contribution in [-0.2, 0) is 11.3 Å². The van der Waals surface area contributed by atoms with E-state index in [-0.39, 0.29) is 12.1 Å². The number of hydrogen-bond donors (Lipinski definition) is 1. The van der Waals surface area contributed by atoms with E-state index in [2.05, 4.69) is 46.2 Å². The molecule has 2 aliphatic heterocycles. The van der Waals surface area contributed by atoms with Crippen LogP contribution >= 0.6 is 0 Å². The molecule has 1 saturated heterocycles. The fourth-order valence-corrected chi connectivity index (χ4v) is 3.87. The van der Waals surface area contributed by atoms with E-state index < -0.39 is 0 Å². The van der Waals surface area contributed by atoms with E-state index >= 15 is 0 Å². The molecule has 0 spiro atoms. The number of para-hydroxylation sites is 1. The van der Waals surface area contributed by atoms with Crippen LogP contribution in [0.3, 0.4) is 0 Å². The van der Waals surface area contributed by atoms with Gasteiger partial charge in [0.2, 0.25) is 0 Å². The fourth-order valence-electron chi connectivity index (χ4n) is 3.87. The molecule has 0 saturated carbocycles. The zero-order valence-corrected chi connectivity index (χ0v) is 16.5. The normalized spacial score (nSPS) is 19.8. The third-order valence-corrected chi connectivity index (χ3v) is 5.43. The number of nitrogens with one attached hydrogen (secondary N) is 1. The van der Waals surface area contributed by atoms with Crippen LogP contribution in [-0.4, -0.2) is 61.9 Å². The Morgan fingerprint density at radius 2 is 1.96 bits per heavy atom. The van der Waals surface area contributed by atoms with E-state index in [1.807, 2.05) is 35.4 Å². The number of pyridine rings is 1. The zero-order valence-electron chi connectivity index (χ0n) is 16.5. The van der Waals surface area contributed by atoms with Gasteiger partial charge >= 0.3 is 6.03 Å². The third-order valence-electron chi connectivity index (χ3n) is 5.43. The number of anilines is 3. The molecule has 0 unspecified atom stereocenters. The summed E-state index contributed by atoms with van der Waals surface area (Å²) in [6.45, 7) is 6.66. The summed E-state index contributed by atoms with van der Waals surface area (Å²) in [5.41, 5.74) is 3.39. The highest BCUT2D eigenvalue weighted by Gasteiger charge is 2.27. The van der Waals surface area contributed by atoms with Crippen molar-refractivity contribution in [3.63, 3.8) is 0 Å². The lowest BCUT2D eigenvalue weighted by molar-refractivity contribution is 0.122. The second-order valence-electron chi connectivity index (χ2n) is 7.42. The quantitative estimate of drug-likeness (QED) is 0.867. The molecule has 2 aromatic rings. The minimum absolute atomic E-state index is 0.0880. The van der Waals surface area contributed by atoms with Gasteiger partial charge in [-0.05, 0) is 30.7 Å². The molecule has 1 fully saturated rings. The smallest absolute Gasteiger partial charge is 0.323 e. The lowest BCUT2D eigenvalue weighted by Crippen LogP contribution is -2.44. The summed E-state index contributed by atoms with van der Waals surface area (Å²) in [6.07, 6.45) is 1.82. The van der Waals surface area contributed by atoms with E-state index in [0.717, 1.165) is 44.1 Å². The van der Waals surface area contributed by atoms with Gasteiger partial charge in [0.15, 0.2) is 0 Å². The Bertz CT molecular complexity index is 820. The number of ether oxygens (including phenoxy) is 1. The van der Waals surface area contributed by atoms with Gasteiger partial charge in [-0.2, -0.15) is 0 Å². The molecule has 2 aliphatic rings. The van der Waals surface area contributed by atoms with Crippen LogP contribution in [0.25, 0.3) is 0 Å². The molecule has 1 atom stereocenters. The summed E-state index contributed by atoms with van der Waals surface area (Å²) in [6, 6.07) is 12.1. The second-order valence-corrected chi connectivity index (χ2v) is 7.42. The molecule has 1 N–H and O–H groups in total. The molecule has 1 aromatic carbocycles. The van der Waals surface area contributed by atoms with Crippen LogP contribution in [0.4, 0.5) is 22.0 Å². The Morgan fingerprint density at radius 3 is 2.71 bits per heavy atom. The summed E-state index contributed by atoms with van der Waals surface area (Å²) < 4.78 is 5.39. The van der Waals surface area contributed by atoms with Crippen molar-refractivity contribution in [3.8, 4) is 0 Å². The number of nitrogens with zero attached hydrogens (tertiary/aromatic N) is 4. The minimum atomic E-state index is -0.121. The van der Waals surface area contributed by atoms with E-state index in [4.69, 9.17) is 4.74 Å². The van der Waals surface area contributed by atoms with Crippen molar-refractivity contribution < 1.29 is 9.53 Å². The Morgan fingerprint density at radius 1 is 1.18 bits per heavy atom. The predicted octanol–water partition coefficient (Wildman–Crippen LogP) is 2.79. The van der Waals surface area contributed by atoms with Crippen LogP contribution in [0.1, 0.15) is 12.5 Å². The van der Waals surface area contributed by atoms with Crippen LogP contribution in [0.5, 0.6) is 0 Å². The molecule has 0 bridgehead atoms. The number of benzene rings is 1. The average Bonchev–Trinajstić information content (AvgIpc) is 2.85. The maximum Gasteiger partial charge on any atom is 0.323 e. The molecule has 3 heterocycles. The van der Waals surface area contributed by atoms with Gasteiger partial charge in [-0.3, -0.25) is 5.32 Å². The molecule has 148 valence electrons. The lowest BCUT2D eigenvalue weighted by Gasteiger charge is -2.29. The standard InChI is InChI=1S/C21H27N5O2/c1-16-14-24(2)19-6-4-3-5-17(19)15-26(16)21(27)23-20-8-7-18(13-22-20)25-9-11-28-12-10-25/h3-8,13,16H,9-12,14-15H2,1-2H3,(H,22,23,27)/t16-/m0/s1. The maximum atomic E-state index is 13.0. The van der Waals surface area contributed by atoms with E-state index in [0.29, 0.717) is 12.4 Å².